The zero-order valence-corrected chi connectivity index (χ0v) is 12.6. The maximum Gasteiger partial charge on any atom is 0.121 e. The molecule has 3 heteroatoms. The monoisotopic (exact) mass is 285 g/mol. The van der Waals surface area contributed by atoms with Crippen molar-refractivity contribution in [1.82, 2.24) is 0 Å². The molecule has 0 bridgehead atoms. The Morgan fingerprint density at radius 3 is 2.30 bits per heavy atom. The van der Waals surface area contributed by atoms with E-state index in [1.165, 1.54) is 22.3 Å². The van der Waals surface area contributed by atoms with E-state index in [1.54, 1.807) is 18.2 Å². The van der Waals surface area contributed by atoms with E-state index >= 15 is 0 Å². The molecule has 0 atom stereocenters. The molecule has 2 aromatic rings. The molecular weight excluding hydrogens is 270 g/mol. The minimum atomic E-state index is 0.419. The van der Waals surface area contributed by atoms with E-state index in [1.807, 2.05) is 6.07 Å². The maximum atomic E-state index is 8.84. The van der Waals surface area contributed by atoms with Crippen LogP contribution in [0.25, 0.3) is 0 Å². The van der Waals surface area contributed by atoms with Crippen LogP contribution in [-0.4, -0.2) is 0 Å². The summed E-state index contributed by atoms with van der Waals surface area (Å²) in [6, 6.07) is 11.5. The predicted octanol–water partition coefficient (Wildman–Crippen LogP) is 4.72. The van der Waals surface area contributed by atoms with Gasteiger partial charge in [-0.25, -0.2) is 0 Å². The van der Waals surface area contributed by atoms with Crippen molar-refractivity contribution in [3.8, 4) is 11.8 Å². The number of nitrogens with zero attached hydrogens (tertiary/aromatic N) is 1. The fourth-order valence-corrected chi connectivity index (χ4v) is 2.48. The highest BCUT2D eigenvalue weighted by Gasteiger charge is 2.06. The standard InChI is InChI=1S/C17H16ClNO/c1-11-6-12(2)16(13(3)7-11)10-20-15-5-4-14(9-19)17(18)8-15/h4-8H,10H2,1-3H3. The Hall–Kier alpha value is -1.98. The van der Waals surface area contributed by atoms with Crippen molar-refractivity contribution >= 4 is 11.6 Å². The molecule has 0 unspecified atom stereocenters. The van der Waals surface area contributed by atoms with Crippen molar-refractivity contribution in [2.45, 2.75) is 27.4 Å². The van der Waals surface area contributed by atoms with Gasteiger partial charge in [-0.15, -0.1) is 0 Å². The van der Waals surface area contributed by atoms with Crippen LogP contribution in [0.2, 0.25) is 5.02 Å². The first-order chi connectivity index (χ1) is 9.51. The average molecular weight is 286 g/mol. The Morgan fingerprint density at radius 1 is 1.10 bits per heavy atom. The third-order valence-electron chi connectivity index (χ3n) is 3.28. The second-order valence-electron chi connectivity index (χ2n) is 4.92. The molecule has 2 aromatic carbocycles. The Balaban J connectivity index is 2.17. The van der Waals surface area contributed by atoms with Gasteiger partial charge in [0.25, 0.3) is 0 Å². The maximum absolute atomic E-state index is 8.84. The van der Waals surface area contributed by atoms with Gasteiger partial charge in [0.05, 0.1) is 10.6 Å². The third kappa shape index (κ3) is 3.12. The molecule has 0 amide bonds. The first-order valence-electron chi connectivity index (χ1n) is 6.40. The Kier molecular flexibility index (Phi) is 4.32. The van der Waals surface area contributed by atoms with E-state index in [0.717, 1.165) is 0 Å². The summed E-state index contributed by atoms with van der Waals surface area (Å²) >= 11 is 5.99. The number of hydrogen-bond donors (Lipinski definition) is 0. The van der Waals surface area contributed by atoms with Crippen molar-refractivity contribution in [2.75, 3.05) is 0 Å². The lowest BCUT2D eigenvalue weighted by Gasteiger charge is -2.13. The molecule has 0 aliphatic carbocycles. The van der Waals surface area contributed by atoms with Gasteiger partial charge in [0.1, 0.15) is 18.4 Å². The van der Waals surface area contributed by atoms with Crippen molar-refractivity contribution < 1.29 is 4.74 Å². The SMILES string of the molecule is Cc1cc(C)c(COc2ccc(C#N)c(Cl)c2)c(C)c1. The van der Waals surface area contributed by atoms with Crippen LogP contribution in [0.5, 0.6) is 5.75 Å². The van der Waals surface area contributed by atoms with Gasteiger partial charge in [-0.3, -0.25) is 0 Å². The first-order valence-corrected chi connectivity index (χ1v) is 6.78. The van der Waals surface area contributed by atoms with E-state index in [2.05, 4.69) is 32.9 Å². The van der Waals surface area contributed by atoms with E-state index in [9.17, 15) is 0 Å². The number of benzene rings is 2. The quantitative estimate of drug-likeness (QED) is 0.818. The summed E-state index contributed by atoms with van der Waals surface area (Å²) < 4.78 is 5.78. The normalized spacial score (nSPS) is 10.2. The number of ether oxygens (including phenoxy) is 1. The topological polar surface area (TPSA) is 33.0 Å². The molecule has 2 rings (SSSR count). The molecule has 0 saturated heterocycles. The summed E-state index contributed by atoms with van der Waals surface area (Å²) in [7, 11) is 0. The summed E-state index contributed by atoms with van der Waals surface area (Å²) in [5.41, 5.74) is 5.35. The van der Waals surface area contributed by atoms with Gasteiger partial charge in [-0.1, -0.05) is 29.3 Å². The zero-order chi connectivity index (χ0) is 14.7. The minimum Gasteiger partial charge on any atom is -0.489 e. The van der Waals surface area contributed by atoms with Crippen LogP contribution in [0.1, 0.15) is 27.8 Å². The highest BCUT2D eigenvalue weighted by molar-refractivity contribution is 6.31. The second-order valence-corrected chi connectivity index (χ2v) is 5.33. The number of nitriles is 1. The van der Waals surface area contributed by atoms with Gasteiger partial charge in [0, 0.05) is 6.07 Å². The van der Waals surface area contributed by atoms with E-state index < -0.39 is 0 Å². The van der Waals surface area contributed by atoms with Crippen LogP contribution in [0.15, 0.2) is 30.3 Å². The van der Waals surface area contributed by atoms with E-state index in [4.69, 9.17) is 21.6 Å². The fraction of sp³-hybridized carbons (Fsp3) is 0.235. The molecule has 0 aliphatic heterocycles. The fourth-order valence-electron chi connectivity index (χ4n) is 2.27. The van der Waals surface area contributed by atoms with E-state index in [0.29, 0.717) is 22.9 Å². The molecule has 0 aromatic heterocycles. The lowest BCUT2D eigenvalue weighted by molar-refractivity contribution is 0.304. The van der Waals surface area contributed by atoms with Gasteiger partial charge in [0.15, 0.2) is 0 Å². The van der Waals surface area contributed by atoms with Crippen LogP contribution >= 0.6 is 11.6 Å². The molecule has 0 heterocycles. The summed E-state index contributed by atoms with van der Waals surface area (Å²) in [4.78, 5) is 0. The van der Waals surface area contributed by atoms with Crippen molar-refractivity contribution in [3.05, 3.63) is 63.2 Å². The molecule has 0 aliphatic rings. The Bertz CT molecular complexity index is 663. The molecule has 0 N–H and O–H groups in total. The van der Waals surface area contributed by atoms with Gasteiger partial charge < -0.3 is 4.74 Å². The number of halogens is 1. The van der Waals surface area contributed by atoms with Crippen molar-refractivity contribution in [3.63, 3.8) is 0 Å². The predicted molar refractivity (Wildman–Crippen MR) is 81.2 cm³/mol. The smallest absolute Gasteiger partial charge is 0.121 e. The summed E-state index contributed by atoms with van der Waals surface area (Å²) in [5.74, 6) is 0.674. The van der Waals surface area contributed by atoms with Gasteiger partial charge in [-0.2, -0.15) is 5.26 Å². The van der Waals surface area contributed by atoms with Gasteiger partial charge in [0.2, 0.25) is 0 Å². The summed E-state index contributed by atoms with van der Waals surface area (Å²) in [5, 5.41) is 9.26. The highest BCUT2D eigenvalue weighted by atomic mass is 35.5. The molecule has 0 radical (unpaired) electrons. The molecule has 0 fully saturated rings. The van der Waals surface area contributed by atoms with Crippen molar-refractivity contribution in [1.29, 1.82) is 5.26 Å². The first kappa shape index (κ1) is 14.4. The summed E-state index contributed by atoms with van der Waals surface area (Å²) in [6.45, 7) is 6.76. The van der Waals surface area contributed by atoms with Crippen LogP contribution in [-0.2, 0) is 6.61 Å². The lowest BCUT2D eigenvalue weighted by atomic mass is 10.0. The highest BCUT2D eigenvalue weighted by Crippen LogP contribution is 2.24. The zero-order valence-electron chi connectivity index (χ0n) is 11.8. The number of aryl methyl sites for hydroxylation is 3. The molecule has 0 saturated carbocycles. The summed E-state index contributed by atoms with van der Waals surface area (Å²) in [6.07, 6.45) is 0. The lowest BCUT2D eigenvalue weighted by Crippen LogP contribution is -2.01. The Labute approximate surface area is 124 Å². The largest absolute Gasteiger partial charge is 0.489 e. The molecule has 20 heavy (non-hydrogen) atoms. The van der Waals surface area contributed by atoms with Gasteiger partial charge >= 0.3 is 0 Å². The van der Waals surface area contributed by atoms with Crippen LogP contribution < -0.4 is 4.74 Å². The molecule has 0 spiro atoms. The number of hydrogen-bond acceptors (Lipinski definition) is 2. The van der Waals surface area contributed by atoms with Crippen molar-refractivity contribution in [2.24, 2.45) is 0 Å². The molecule has 2 nitrogen and oxygen atoms in total. The van der Waals surface area contributed by atoms with Gasteiger partial charge in [-0.05, 0) is 49.6 Å². The molecular formula is C17H16ClNO. The van der Waals surface area contributed by atoms with E-state index in [-0.39, 0.29) is 0 Å². The Morgan fingerprint density at radius 2 is 1.75 bits per heavy atom. The molecule has 102 valence electrons. The van der Waals surface area contributed by atoms with Crippen LogP contribution in [0.3, 0.4) is 0 Å². The minimum absolute atomic E-state index is 0.419. The average Bonchev–Trinajstić information content (AvgIpc) is 2.37. The number of rotatable bonds is 3. The van der Waals surface area contributed by atoms with Crippen LogP contribution in [0.4, 0.5) is 0 Å². The second kappa shape index (κ2) is 5.98. The van der Waals surface area contributed by atoms with Crippen LogP contribution in [0, 0.1) is 32.1 Å². The third-order valence-corrected chi connectivity index (χ3v) is 3.60.